The highest BCUT2D eigenvalue weighted by Crippen LogP contribution is 2.25. The maximum Gasteiger partial charge on any atom is 0.257 e. The fourth-order valence-electron chi connectivity index (χ4n) is 2.47. The van der Waals surface area contributed by atoms with Crippen molar-refractivity contribution in [3.63, 3.8) is 0 Å². The van der Waals surface area contributed by atoms with E-state index < -0.39 is 0 Å². The monoisotopic (exact) mass is 341 g/mol. The first-order valence-electron chi connectivity index (χ1n) is 6.78. The number of amides is 1. The summed E-state index contributed by atoms with van der Waals surface area (Å²) in [4.78, 5) is 14.3. The Bertz CT molecular complexity index is 472. The largest absolute Gasteiger partial charge is 0.496 e. The number of methoxy groups -OCH3 is 1. The number of carbonyl (C=O) groups is 1. The van der Waals surface area contributed by atoms with Gasteiger partial charge in [-0.25, -0.2) is 0 Å². The molecule has 0 saturated carbocycles. The molecule has 20 heavy (non-hydrogen) atoms. The normalized spacial score (nSPS) is 18.6. The van der Waals surface area contributed by atoms with Crippen LogP contribution in [0, 0.1) is 5.92 Å². The molecule has 0 aliphatic carbocycles. The number of rotatable bonds is 4. The molecule has 1 amide bonds. The Balaban J connectivity index is 2.05. The van der Waals surface area contributed by atoms with Gasteiger partial charge in [-0.3, -0.25) is 4.79 Å². The van der Waals surface area contributed by atoms with Crippen LogP contribution >= 0.6 is 15.9 Å². The smallest absolute Gasteiger partial charge is 0.257 e. The Morgan fingerprint density at radius 1 is 1.55 bits per heavy atom. The second kappa shape index (κ2) is 7.09. The predicted molar refractivity (Wildman–Crippen MR) is 81.2 cm³/mol. The molecule has 2 rings (SSSR count). The van der Waals surface area contributed by atoms with Gasteiger partial charge in [-0.2, -0.15) is 0 Å². The number of carbonyl (C=O) groups excluding carboxylic acids is 1. The lowest BCUT2D eigenvalue weighted by Gasteiger charge is -2.27. The second-order valence-corrected chi connectivity index (χ2v) is 6.03. The highest BCUT2D eigenvalue weighted by Gasteiger charge is 2.21. The van der Waals surface area contributed by atoms with Crippen LogP contribution in [0.2, 0.25) is 0 Å². The molecule has 1 aromatic rings. The summed E-state index contributed by atoms with van der Waals surface area (Å²) in [5.41, 5.74) is 0.593. The molecule has 0 N–H and O–H groups in total. The summed E-state index contributed by atoms with van der Waals surface area (Å²) >= 11 is 3.38. The summed E-state index contributed by atoms with van der Waals surface area (Å²) in [7, 11) is 3.41. The van der Waals surface area contributed by atoms with E-state index in [1.807, 2.05) is 19.2 Å². The Kier molecular flexibility index (Phi) is 5.43. The fraction of sp³-hybridized carbons (Fsp3) is 0.533. The minimum absolute atomic E-state index is 0.0140. The van der Waals surface area contributed by atoms with Crippen molar-refractivity contribution in [1.82, 2.24) is 4.90 Å². The van der Waals surface area contributed by atoms with Gasteiger partial charge in [0.15, 0.2) is 0 Å². The lowest BCUT2D eigenvalue weighted by Crippen LogP contribution is -2.35. The van der Waals surface area contributed by atoms with Crippen molar-refractivity contribution in [2.45, 2.75) is 12.8 Å². The third kappa shape index (κ3) is 3.73. The minimum atomic E-state index is -0.0140. The third-order valence-electron chi connectivity index (χ3n) is 3.53. The van der Waals surface area contributed by atoms with Crippen LogP contribution in [-0.4, -0.2) is 44.7 Å². The average Bonchev–Trinajstić information content (AvgIpc) is 2.47. The molecule has 0 spiro atoms. The molecule has 0 bridgehead atoms. The van der Waals surface area contributed by atoms with Gasteiger partial charge in [-0.1, -0.05) is 15.9 Å². The first kappa shape index (κ1) is 15.3. The third-order valence-corrected chi connectivity index (χ3v) is 4.02. The lowest BCUT2D eigenvalue weighted by atomic mass is 10.0. The summed E-state index contributed by atoms with van der Waals surface area (Å²) in [6, 6.07) is 5.46. The molecule has 1 heterocycles. The van der Waals surface area contributed by atoms with Crippen LogP contribution in [0.25, 0.3) is 0 Å². The molecule has 110 valence electrons. The summed E-state index contributed by atoms with van der Waals surface area (Å²) < 4.78 is 11.6. The summed E-state index contributed by atoms with van der Waals surface area (Å²) in [6.45, 7) is 2.31. The first-order valence-corrected chi connectivity index (χ1v) is 7.58. The molecule has 1 atom stereocenters. The van der Waals surface area contributed by atoms with Gasteiger partial charge < -0.3 is 14.4 Å². The fourth-order valence-corrected chi connectivity index (χ4v) is 2.81. The van der Waals surface area contributed by atoms with E-state index in [0.29, 0.717) is 17.2 Å². The Morgan fingerprint density at radius 2 is 2.35 bits per heavy atom. The number of halogens is 1. The number of benzene rings is 1. The van der Waals surface area contributed by atoms with Crippen molar-refractivity contribution >= 4 is 21.8 Å². The van der Waals surface area contributed by atoms with Gasteiger partial charge in [0.25, 0.3) is 5.91 Å². The van der Waals surface area contributed by atoms with E-state index >= 15 is 0 Å². The van der Waals surface area contributed by atoms with E-state index in [1.54, 1.807) is 18.1 Å². The molecule has 1 aliphatic rings. The Morgan fingerprint density at radius 3 is 3.00 bits per heavy atom. The molecule has 0 radical (unpaired) electrons. The number of hydrogen-bond acceptors (Lipinski definition) is 3. The van der Waals surface area contributed by atoms with Crippen LogP contribution in [0.1, 0.15) is 23.2 Å². The number of nitrogens with zero attached hydrogens (tertiary/aromatic N) is 1. The van der Waals surface area contributed by atoms with Gasteiger partial charge in [-0.05, 0) is 37.0 Å². The van der Waals surface area contributed by atoms with E-state index in [4.69, 9.17) is 9.47 Å². The Hall–Kier alpha value is -1.07. The molecule has 1 aliphatic heterocycles. The maximum absolute atomic E-state index is 12.5. The lowest BCUT2D eigenvalue weighted by molar-refractivity contribution is 0.0387. The summed E-state index contributed by atoms with van der Waals surface area (Å²) in [5.74, 6) is 1.01. The van der Waals surface area contributed by atoms with Gasteiger partial charge in [0, 0.05) is 24.7 Å². The van der Waals surface area contributed by atoms with Crippen molar-refractivity contribution in [2.75, 3.05) is 33.9 Å². The van der Waals surface area contributed by atoms with Crippen molar-refractivity contribution in [1.29, 1.82) is 0 Å². The van der Waals surface area contributed by atoms with Gasteiger partial charge >= 0.3 is 0 Å². The SMILES string of the molecule is COc1cc(Br)ccc1C(=O)N(C)CC1CCCOC1. The molecular formula is C15H20BrNO3. The molecular weight excluding hydrogens is 322 g/mol. The van der Waals surface area contributed by atoms with Crippen molar-refractivity contribution in [3.8, 4) is 5.75 Å². The minimum Gasteiger partial charge on any atom is -0.496 e. The number of hydrogen-bond donors (Lipinski definition) is 0. The van der Waals surface area contributed by atoms with Crippen LogP contribution in [0.5, 0.6) is 5.75 Å². The van der Waals surface area contributed by atoms with Gasteiger partial charge in [-0.15, -0.1) is 0 Å². The van der Waals surface area contributed by atoms with E-state index in [9.17, 15) is 4.79 Å². The van der Waals surface area contributed by atoms with Crippen LogP contribution < -0.4 is 4.74 Å². The van der Waals surface area contributed by atoms with Gasteiger partial charge in [0.2, 0.25) is 0 Å². The standard InChI is InChI=1S/C15H20BrNO3/c1-17(9-11-4-3-7-20-10-11)15(18)13-6-5-12(16)8-14(13)19-2/h5-6,8,11H,3-4,7,9-10H2,1-2H3. The van der Waals surface area contributed by atoms with Crippen LogP contribution in [0.4, 0.5) is 0 Å². The van der Waals surface area contributed by atoms with Crippen LogP contribution in [0.3, 0.4) is 0 Å². The quantitative estimate of drug-likeness (QED) is 0.845. The maximum atomic E-state index is 12.5. The Labute approximate surface area is 128 Å². The molecule has 1 saturated heterocycles. The van der Waals surface area contributed by atoms with Crippen molar-refractivity contribution in [2.24, 2.45) is 5.92 Å². The van der Waals surface area contributed by atoms with E-state index in [0.717, 1.165) is 37.1 Å². The highest BCUT2D eigenvalue weighted by molar-refractivity contribution is 9.10. The highest BCUT2D eigenvalue weighted by atomic mass is 79.9. The zero-order valence-corrected chi connectivity index (χ0v) is 13.5. The first-order chi connectivity index (χ1) is 9.61. The van der Waals surface area contributed by atoms with Gasteiger partial charge in [0.1, 0.15) is 5.75 Å². The number of ether oxygens (including phenoxy) is 2. The average molecular weight is 342 g/mol. The molecule has 0 aromatic heterocycles. The van der Waals surface area contributed by atoms with Crippen LogP contribution in [-0.2, 0) is 4.74 Å². The molecule has 1 aromatic carbocycles. The molecule has 5 heteroatoms. The van der Waals surface area contributed by atoms with Crippen LogP contribution in [0.15, 0.2) is 22.7 Å². The second-order valence-electron chi connectivity index (χ2n) is 5.11. The van der Waals surface area contributed by atoms with E-state index in [-0.39, 0.29) is 5.91 Å². The summed E-state index contributed by atoms with van der Waals surface area (Å²) in [5, 5.41) is 0. The van der Waals surface area contributed by atoms with Gasteiger partial charge in [0.05, 0.1) is 19.3 Å². The van der Waals surface area contributed by atoms with Crippen molar-refractivity contribution < 1.29 is 14.3 Å². The van der Waals surface area contributed by atoms with E-state index in [1.165, 1.54) is 0 Å². The van der Waals surface area contributed by atoms with Crippen molar-refractivity contribution in [3.05, 3.63) is 28.2 Å². The molecule has 1 fully saturated rings. The predicted octanol–water partition coefficient (Wildman–Crippen LogP) is 2.96. The topological polar surface area (TPSA) is 38.8 Å². The molecule has 4 nitrogen and oxygen atoms in total. The zero-order valence-electron chi connectivity index (χ0n) is 11.9. The molecule has 1 unspecified atom stereocenters. The summed E-state index contributed by atoms with van der Waals surface area (Å²) in [6.07, 6.45) is 2.20. The zero-order chi connectivity index (χ0) is 14.5. The van der Waals surface area contributed by atoms with E-state index in [2.05, 4.69) is 15.9 Å².